The molecule has 2 saturated heterocycles. The lowest BCUT2D eigenvalue weighted by atomic mass is 9.76. The minimum absolute atomic E-state index is 0.0519. The lowest BCUT2D eigenvalue weighted by Gasteiger charge is -2.41. The third-order valence-corrected chi connectivity index (χ3v) is 9.41. The van der Waals surface area contributed by atoms with Gasteiger partial charge in [0, 0.05) is 55.7 Å². The van der Waals surface area contributed by atoms with E-state index in [-0.39, 0.29) is 17.4 Å². The van der Waals surface area contributed by atoms with Crippen LogP contribution in [0.5, 0.6) is 5.75 Å². The maximum Gasteiger partial charge on any atom is 0.227 e. The van der Waals surface area contributed by atoms with Gasteiger partial charge in [-0.2, -0.15) is 0 Å². The third-order valence-electron chi connectivity index (χ3n) is 9.17. The Kier molecular flexibility index (Phi) is 9.52. The van der Waals surface area contributed by atoms with Gasteiger partial charge < -0.3 is 14.5 Å². The van der Waals surface area contributed by atoms with E-state index in [0.29, 0.717) is 6.42 Å². The van der Waals surface area contributed by atoms with Gasteiger partial charge in [-0.25, -0.2) is 0 Å². The Morgan fingerprint density at radius 2 is 1.77 bits per heavy atom. The van der Waals surface area contributed by atoms with Crippen molar-refractivity contribution in [2.75, 3.05) is 45.8 Å². The fraction of sp³-hybridized carbons (Fsp3) is 0.606. The zero-order valence-corrected chi connectivity index (χ0v) is 24.7. The highest BCUT2D eigenvalue weighted by atomic mass is 35.5. The smallest absolute Gasteiger partial charge is 0.227 e. The molecule has 0 aromatic heterocycles. The SMILES string of the molecule is CC(C)Oc1cccc(CC(=O)N2CC[C@@](CCN3CCN(C4CCCCC4)CC3)(c3cccc(Cl)c3)C2)c1. The van der Waals surface area contributed by atoms with E-state index in [1.165, 1.54) is 50.8 Å². The zero-order chi connectivity index (χ0) is 27.2. The standard InChI is InChI=1S/C33H46ClN3O2/c1-26(2)39-31-13-6-8-27(22-31)23-32(38)37-17-15-33(25-37,28-9-7-10-29(34)24-28)14-16-35-18-20-36(21-19-35)30-11-4-3-5-12-30/h6-10,13,22,24,26,30H,3-5,11-12,14-21,23,25H2,1-2H3/t33-/m1/s1. The molecule has 3 fully saturated rings. The fourth-order valence-electron chi connectivity index (χ4n) is 6.95. The maximum atomic E-state index is 13.5. The maximum absolute atomic E-state index is 13.5. The van der Waals surface area contributed by atoms with E-state index in [2.05, 4.69) is 32.9 Å². The first-order chi connectivity index (χ1) is 18.9. The highest BCUT2D eigenvalue weighted by molar-refractivity contribution is 6.30. The second-order valence-corrected chi connectivity index (χ2v) is 12.7. The molecule has 3 aliphatic rings. The molecule has 1 aliphatic carbocycles. The highest BCUT2D eigenvalue weighted by Gasteiger charge is 2.41. The van der Waals surface area contributed by atoms with Crippen LogP contribution < -0.4 is 4.74 Å². The van der Waals surface area contributed by atoms with E-state index in [1.807, 2.05) is 44.2 Å². The summed E-state index contributed by atoms with van der Waals surface area (Å²) in [4.78, 5) is 20.9. The van der Waals surface area contributed by atoms with Gasteiger partial charge in [0.2, 0.25) is 5.91 Å². The van der Waals surface area contributed by atoms with Crippen LogP contribution in [-0.2, 0) is 16.6 Å². The monoisotopic (exact) mass is 551 g/mol. The van der Waals surface area contributed by atoms with Crippen molar-refractivity contribution in [2.24, 2.45) is 0 Å². The molecule has 39 heavy (non-hydrogen) atoms. The van der Waals surface area contributed by atoms with Crippen LogP contribution in [0.1, 0.15) is 69.9 Å². The zero-order valence-electron chi connectivity index (χ0n) is 23.9. The van der Waals surface area contributed by atoms with E-state index in [0.717, 1.165) is 67.9 Å². The predicted octanol–water partition coefficient (Wildman–Crippen LogP) is 6.18. The molecule has 0 spiro atoms. The summed E-state index contributed by atoms with van der Waals surface area (Å²) in [5.41, 5.74) is 2.23. The second-order valence-electron chi connectivity index (χ2n) is 12.3. The van der Waals surface area contributed by atoms with E-state index >= 15 is 0 Å². The van der Waals surface area contributed by atoms with Gasteiger partial charge in [0.05, 0.1) is 12.5 Å². The van der Waals surface area contributed by atoms with Crippen molar-refractivity contribution in [2.45, 2.75) is 82.8 Å². The van der Waals surface area contributed by atoms with Crippen LogP contribution in [0, 0.1) is 0 Å². The van der Waals surface area contributed by atoms with E-state index in [1.54, 1.807) is 0 Å². The van der Waals surface area contributed by atoms with Crippen LogP contribution in [0.4, 0.5) is 0 Å². The molecular formula is C33H46ClN3O2. The van der Waals surface area contributed by atoms with Crippen LogP contribution >= 0.6 is 11.6 Å². The van der Waals surface area contributed by atoms with Crippen molar-refractivity contribution >= 4 is 17.5 Å². The molecule has 2 aromatic carbocycles. The summed E-state index contributed by atoms with van der Waals surface area (Å²) in [6.45, 7) is 11.4. The van der Waals surface area contributed by atoms with E-state index in [4.69, 9.17) is 16.3 Å². The Balaban J connectivity index is 1.22. The van der Waals surface area contributed by atoms with Crippen molar-refractivity contribution < 1.29 is 9.53 Å². The minimum Gasteiger partial charge on any atom is -0.491 e. The van der Waals surface area contributed by atoms with Crippen LogP contribution in [-0.4, -0.2) is 78.6 Å². The summed E-state index contributed by atoms with van der Waals surface area (Å²) >= 11 is 6.47. The van der Waals surface area contributed by atoms with Crippen molar-refractivity contribution in [3.8, 4) is 5.75 Å². The molecule has 2 heterocycles. The number of carbonyl (C=O) groups is 1. The minimum atomic E-state index is -0.0519. The summed E-state index contributed by atoms with van der Waals surface area (Å²) in [5, 5.41) is 0.778. The van der Waals surface area contributed by atoms with Crippen LogP contribution in [0.25, 0.3) is 0 Å². The van der Waals surface area contributed by atoms with Crippen molar-refractivity contribution in [3.05, 3.63) is 64.7 Å². The van der Waals surface area contributed by atoms with Crippen molar-refractivity contribution in [1.29, 1.82) is 0 Å². The number of carbonyl (C=O) groups excluding carboxylic acids is 1. The highest BCUT2D eigenvalue weighted by Crippen LogP contribution is 2.39. The number of halogens is 1. The van der Waals surface area contributed by atoms with Gasteiger partial charge in [-0.05, 0) is 81.5 Å². The molecule has 0 N–H and O–H groups in total. The summed E-state index contributed by atoms with van der Waals surface area (Å²) < 4.78 is 5.85. The molecule has 1 amide bonds. The molecule has 2 aromatic rings. The second kappa shape index (κ2) is 13.1. The quantitative estimate of drug-likeness (QED) is 0.373. The molecule has 0 bridgehead atoms. The van der Waals surface area contributed by atoms with Crippen LogP contribution in [0.2, 0.25) is 5.02 Å². The number of likely N-dealkylation sites (tertiary alicyclic amines) is 1. The topological polar surface area (TPSA) is 36.0 Å². The van der Waals surface area contributed by atoms with Crippen molar-refractivity contribution in [3.63, 3.8) is 0 Å². The van der Waals surface area contributed by atoms with Gasteiger partial charge in [-0.15, -0.1) is 0 Å². The Bertz CT molecular complexity index is 1090. The van der Waals surface area contributed by atoms with Gasteiger partial charge in [0.1, 0.15) is 5.75 Å². The Labute approximate surface area is 240 Å². The van der Waals surface area contributed by atoms with Gasteiger partial charge >= 0.3 is 0 Å². The number of amides is 1. The lowest BCUT2D eigenvalue weighted by Crippen LogP contribution is -2.51. The predicted molar refractivity (Wildman–Crippen MR) is 160 cm³/mol. The van der Waals surface area contributed by atoms with Crippen LogP contribution in [0.3, 0.4) is 0 Å². The Morgan fingerprint density at radius 3 is 2.51 bits per heavy atom. The van der Waals surface area contributed by atoms with Gasteiger partial charge in [0.15, 0.2) is 0 Å². The number of ether oxygens (including phenoxy) is 1. The van der Waals surface area contributed by atoms with Gasteiger partial charge in [0.25, 0.3) is 0 Å². The van der Waals surface area contributed by atoms with Gasteiger partial charge in [-0.3, -0.25) is 9.69 Å². The molecule has 6 heteroatoms. The van der Waals surface area contributed by atoms with E-state index in [9.17, 15) is 4.79 Å². The number of piperazine rings is 1. The summed E-state index contributed by atoms with van der Waals surface area (Å²) in [6, 6.07) is 17.1. The molecule has 5 rings (SSSR count). The molecule has 0 radical (unpaired) electrons. The number of hydrogen-bond donors (Lipinski definition) is 0. The first-order valence-corrected chi connectivity index (χ1v) is 15.5. The lowest BCUT2D eigenvalue weighted by molar-refractivity contribution is -0.129. The molecule has 5 nitrogen and oxygen atoms in total. The summed E-state index contributed by atoms with van der Waals surface area (Å²) in [5.74, 6) is 1.02. The van der Waals surface area contributed by atoms with Gasteiger partial charge in [-0.1, -0.05) is 55.1 Å². The fourth-order valence-corrected chi connectivity index (χ4v) is 7.14. The molecule has 212 valence electrons. The number of hydrogen-bond acceptors (Lipinski definition) is 4. The Morgan fingerprint density at radius 1 is 1.00 bits per heavy atom. The first kappa shape index (κ1) is 28.4. The van der Waals surface area contributed by atoms with Crippen LogP contribution in [0.15, 0.2) is 48.5 Å². The molecular weight excluding hydrogens is 506 g/mol. The molecule has 0 unspecified atom stereocenters. The largest absolute Gasteiger partial charge is 0.491 e. The summed E-state index contributed by atoms with van der Waals surface area (Å²) in [6.07, 6.45) is 9.55. The average Bonchev–Trinajstić information content (AvgIpc) is 3.39. The van der Waals surface area contributed by atoms with Crippen molar-refractivity contribution in [1.82, 2.24) is 14.7 Å². The third kappa shape index (κ3) is 7.36. The molecule has 1 saturated carbocycles. The number of nitrogens with zero attached hydrogens (tertiary/aromatic N) is 3. The number of benzene rings is 2. The first-order valence-electron chi connectivity index (χ1n) is 15.2. The average molecular weight is 552 g/mol. The summed E-state index contributed by atoms with van der Waals surface area (Å²) in [7, 11) is 0. The van der Waals surface area contributed by atoms with E-state index < -0.39 is 0 Å². The number of rotatable bonds is 9. The molecule has 2 aliphatic heterocycles. The Hall–Kier alpha value is -2.08. The normalized spacial score (nSPS) is 23.4. The molecule has 1 atom stereocenters.